The maximum absolute atomic E-state index is 12.3. The van der Waals surface area contributed by atoms with Gasteiger partial charge in [-0.05, 0) is 66.7 Å². The molecule has 0 spiro atoms. The van der Waals surface area contributed by atoms with Crippen molar-refractivity contribution in [1.82, 2.24) is 0 Å². The number of hydrogen-bond donors (Lipinski definition) is 1. The Morgan fingerprint density at radius 3 is 1.64 bits per heavy atom. The molecule has 0 saturated carbocycles. The molecule has 0 aromatic heterocycles. The third-order valence-corrected chi connectivity index (χ3v) is 6.34. The minimum atomic E-state index is -0.499. The number of carbonyl (C=O) groups is 1. The van der Waals surface area contributed by atoms with Crippen molar-refractivity contribution in [2.75, 3.05) is 28.4 Å². The molecule has 44 heavy (non-hydrogen) atoms. The van der Waals surface area contributed by atoms with E-state index in [9.17, 15) is 30.1 Å². The van der Waals surface area contributed by atoms with Crippen molar-refractivity contribution in [3.05, 3.63) is 127 Å². The van der Waals surface area contributed by atoms with Crippen molar-refractivity contribution in [3.8, 4) is 23.0 Å². The lowest BCUT2D eigenvalue weighted by Crippen LogP contribution is -2.05. The summed E-state index contributed by atoms with van der Waals surface area (Å²) in [5.74, 6) is 2.04. The van der Waals surface area contributed by atoms with Gasteiger partial charge < -0.3 is 24.1 Å². The first kappa shape index (κ1) is 32.6. The summed E-state index contributed by atoms with van der Waals surface area (Å²) in [4.78, 5) is 33.0. The average molecular weight is 603 g/mol. The number of nitrogens with zero attached hydrogens (tertiary/aromatic N) is 2. The summed E-state index contributed by atoms with van der Waals surface area (Å²) in [7, 11) is 6.02. The van der Waals surface area contributed by atoms with Gasteiger partial charge in [-0.3, -0.25) is 25.0 Å². The topological polar surface area (TPSA) is 160 Å². The first-order chi connectivity index (χ1) is 21.1. The van der Waals surface area contributed by atoms with E-state index >= 15 is 0 Å². The lowest BCUT2D eigenvalue weighted by atomic mass is 10.0. The van der Waals surface area contributed by atoms with E-state index in [-0.39, 0.29) is 29.3 Å². The van der Waals surface area contributed by atoms with Crippen LogP contribution in [-0.4, -0.2) is 49.2 Å². The van der Waals surface area contributed by atoms with Gasteiger partial charge in [0.1, 0.15) is 28.8 Å². The van der Waals surface area contributed by atoms with E-state index in [1.807, 2.05) is 0 Å². The van der Waals surface area contributed by atoms with Crippen molar-refractivity contribution in [1.29, 1.82) is 0 Å². The Bertz CT molecular complexity index is 1650. The molecular weight excluding hydrogens is 572 g/mol. The van der Waals surface area contributed by atoms with Crippen molar-refractivity contribution in [2.45, 2.75) is 6.42 Å². The van der Waals surface area contributed by atoms with E-state index in [2.05, 4.69) is 0 Å². The number of non-ortho nitro benzene ring substituents is 2. The number of rotatable bonds is 11. The molecule has 0 heterocycles. The normalized spacial score (nSPS) is 10.6. The second kappa shape index (κ2) is 15.4. The number of benzene rings is 4. The van der Waals surface area contributed by atoms with Gasteiger partial charge >= 0.3 is 0 Å². The molecular formula is C32H30N2O10. The number of nitro benzene ring substituents is 2. The van der Waals surface area contributed by atoms with Crippen molar-refractivity contribution in [3.63, 3.8) is 0 Å². The number of carbonyl (C=O) groups excluding carboxylic acids is 1. The minimum absolute atomic E-state index is 0.0250. The van der Waals surface area contributed by atoms with Crippen LogP contribution in [0, 0.1) is 20.2 Å². The second-order valence-corrected chi connectivity index (χ2v) is 9.02. The lowest BCUT2D eigenvalue weighted by molar-refractivity contribution is -0.385. The van der Waals surface area contributed by atoms with Gasteiger partial charge in [-0.1, -0.05) is 0 Å². The molecule has 0 aliphatic heterocycles. The van der Waals surface area contributed by atoms with Gasteiger partial charge in [0.15, 0.2) is 5.78 Å². The smallest absolute Gasteiger partial charge is 0.270 e. The Hall–Kier alpha value is -5.91. The molecule has 12 heteroatoms. The zero-order valence-electron chi connectivity index (χ0n) is 24.4. The highest BCUT2D eigenvalue weighted by Crippen LogP contribution is 2.28. The fourth-order valence-corrected chi connectivity index (χ4v) is 4.01. The summed E-state index contributed by atoms with van der Waals surface area (Å²) in [6, 6.07) is 21.9. The van der Waals surface area contributed by atoms with E-state index in [1.54, 1.807) is 62.8 Å². The molecule has 228 valence electrons. The predicted octanol–water partition coefficient (Wildman–Crippen LogP) is 6.71. The number of nitro groups is 2. The molecule has 0 amide bonds. The van der Waals surface area contributed by atoms with Crippen LogP contribution in [0.2, 0.25) is 0 Å². The fourth-order valence-electron chi connectivity index (χ4n) is 4.01. The van der Waals surface area contributed by atoms with Crippen LogP contribution < -0.4 is 18.9 Å². The number of Topliss-reactive ketones (excluding diaryl/α,β-unsaturated/α-hetero) is 1. The third-order valence-electron chi connectivity index (χ3n) is 6.34. The molecule has 0 radical (unpaired) electrons. The first-order valence-corrected chi connectivity index (χ1v) is 13.0. The van der Waals surface area contributed by atoms with Gasteiger partial charge in [-0.15, -0.1) is 0 Å². The number of aliphatic hydroxyl groups is 1. The van der Waals surface area contributed by atoms with Gasteiger partial charge in [-0.2, -0.15) is 0 Å². The molecule has 4 aromatic rings. The van der Waals surface area contributed by atoms with E-state index in [0.29, 0.717) is 45.3 Å². The number of methoxy groups -OCH3 is 4. The van der Waals surface area contributed by atoms with Crippen LogP contribution in [0.4, 0.5) is 11.4 Å². The molecule has 0 saturated heterocycles. The third kappa shape index (κ3) is 8.55. The predicted molar refractivity (Wildman–Crippen MR) is 164 cm³/mol. The molecule has 12 nitrogen and oxygen atoms in total. The van der Waals surface area contributed by atoms with Gasteiger partial charge in [0.2, 0.25) is 0 Å². The van der Waals surface area contributed by atoms with Crippen LogP contribution in [0.3, 0.4) is 0 Å². The average Bonchev–Trinajstić information content (AvgIpc) is 3.04. The van der Waals surface area contributed by atoms with Crippen LogP contribution in [0.1, 0.15) is 27.0 Å². The quantitative estimate of drug-likeness (QED) is 0.0642. The van der Waals surface area contributed by atoms with Gasteiger partial charge in [0.05, 0.1) is 38.3 Å². The van der Waals surface area contributed by atoms with E-state index < -0.39 is 9.85 Å². The Labute approximate surface area is 253 Å². The Morgan fingerprint density at radius 2 is 1.16 bits per heavy atom. The van der Waals surface area contributed by atoms with E-state index in [4.69, 9.17) is 18.9 Å². The SMILES string of the molecule is COc1ccc(/C(O)=C/c2cc([N+](=O)[O-])ccc2OC)cc1.COc1ccc(C(=O)Cc2cc([N+](=O)[O-])ccc2OC)cc1. The summed E-state index contributed by atoms with van der Waals surface area (Å²) in [6.07, 6.45) is 1.45. The highest BCUT2D eigenvalue weighted by atomic mass is 16.6. The van der Waals surface area contributed by atoms with Crippen LogP contribution >= 0.6 is 0 Å². The van der Waals surface area contributed by atoms with E-state index in [0.717, 1.165) is 0 Å². The Kier molecular flexibility index (Phi) is 11.4. The van der Waals surface area contributed by atoms with Crippen molar-refractivity contribution >= 4 is 29.0 Å². The van der Waals surface area contributed by atoms with Gasteiger partial charge in [0.25, 0.3) is 11.4 Å². The van der Waals surface area contributed by atoms with E-state index in [1.165, 1.54) is 56.7 Å². The van der Waals surface area contributed by atoms with Gasteiger partial charge in [0, 0.05) is 52.9 Å². The molecule has 0 bridgehead atoms. The largest absolute Gasteiger partial charge is 0.507 e. The summed E-state index contributed by atoms with van der Waals surface area (Å²) >= 11 is 0. The maximum Gasteiger partial charge on any atom is 0.270 e. The Morgan fingerprint density at radius 1 is 0.682 bits per heavy atom. The van der Waals surface area contributed by atoms with Crippen molar-refractivity contribution < 1.29 is 38.7 Å². The second-order valence-electron chi connectivity index (χ2n) is 9.02. The standard InChI is InChI=1S/2C16H15NO5/c2*1-21-14-6-3-11(4-7-14)15(18)10-12-9-13(17(19)20)5-8-16(12)22-2/h3-9H,10H2,1-2H3;3-10,18H,1-2H3/b;15-10-. The molecule has 0 fully saturated rings. The fraction of sp³-hybridized carbons (Fsp3) is 0.156. The molecule has 0 aliphatic rings. The lowest BCUT2D eigenvalue weighted by Gasteiger charge is -2.08. The zero-order valence-corrected chi connectivity index (χ0v) is 24.4. The number of ketones is 1. The Balaban J connectivity index is 0.000000240. The minimum Gasteiger partial charge on any atom is -0.507 e. The highest BCUT2D eigenvalue weighted by molar-refractivity contribution is 5.98. The number of aliphatic hydroxyl groups excluding tert-OH is 1. The molecule has 4 aromatic carbocycles. The summed E-state index contributed by atoms with van der Waals surface area (Å²) in [6.45, 7) is 0. The summed E-state index contributed by atoms with van der Waals surface area (Å²) in [5, 5.41) is 31.9. The zero-order chi connectivity index (χ0) is 32.2. The van der Waals surface area contributed by atoms with Crippen LogP contribution in [-0.2, 0) is 6.42 Å². The van der Waals surface area contributed by atoms with Crippen LogP contribution in [0.25, 0.3) is 11.8 Å². The highest BCUT2D eigenvalue weighted by Gasteiger charge is 2.16. The maximum atomic E-state index is 12.3. The molecule has 0 atom stereocenters. The van der Waals surface area contributed by atoms with Gasteiger partial charge in [-0.25, -0.2) is 0 Å². The van der Waals surface area contributed by atoms with Crippen LogP contribution in [0.5, 0.6) is 23.0 Å². The van der Waals surface area contributed by atoms with Crippen molar-refractivity contribution in [2.24, 2.45) is 0 Å². The van der Waals surface area contributed by atoms with Crippen LogP contribution in [0.15, 0.2) is 84.9 Å². The first-order valence-electron chi connectivity index (χ1n) is 13.0. The summed E-state index contributed by atoms with van der Waals surface area (Å²) in [5.41, 5.74) is 1.83. The molecule has 0 unspecified atom stereocenters. The molecule has 0 aliphatic carbocycles. The molecule has 4 rings (SSSR count). The summed E-state index contributed by atoms with van der Waals surface area (Å²) < 4.78 is 20.4. The molecule has 1 N–H and O–H groups in total. The number of hydrogen-bond acceptors (Lipinski definition) is 10. The number of ether oxygens (including phenoxy) is 4. The monoisotopic (exact) mass is 602 g/mol.